The Morgan fingerprint density at radius 1 is 1.47 bits per heavy atom. The number of aromatic nitrogens is 2. The fourth-order valence-electron chi connectivity index (χ4n) is 1.57. The summed E-state index contributed by atoms with van der Waals surface area (Å²) in [6.07, 6.45) is 1.57. The van der Waals surface area contributed by atoms with E-state index in [4.69, 9.17) is 0 Å². The van der Waals surface area contributed by atoms with Crippen molar-refractivity contribution in [1.82, 2.24) is 15.3 Å². The molecule has 0 bridgehead atoms. The Morgan fingerprint density at radius 2 is 2.26 bits per heavy atom. The Hall–Kier alpha value is -1.95. The second kappa shape index (κ2) is 5.79. The molecule has 0 fully saturated rings. The van der Waals surface area contributed by atoms with Crippen molar-refractivity contribution in [2.75, 3.05) is 19.0 Å². The van der Waals surface area contributed by atoms with Gasteiger partial charge in [-0.05, 0) is 18.4 Å². The molecular weight excluding hydrogens is 260 g/mol. The molecule has 5 nitrogen and oxygen atoms in total. The van der Waals surface area contributed by atoms with Gasteiger partial charge in [0.15, 0.2) is 0 Å². The number of nitrogens with zero attached hydrogens (tertiary/aromatic N) is 3. The molecule has 0 saturated carbocycles. The topological polar surface area (TPSA) is 58.1 Å². The first kappa shape index (κ1) is 13.5. The van der Waals surface area contributed by atoms with E-state index in [9.17, 15) is 4.79 Å². The molecule has 1 amide bonds. The number of hydrogen-bond donors (Lipinski definition) is 1. The van der Waals surface area contributed by atoms with Gasteiger partial charge in [-0.15, -0.1) is 11.3 Å². The Bertz CT molecular complexity index is 566. The molecule has 19 heavy (non-hydrogen) atoms. The summed E-state index contributed by atoms with van der Waals surface area (Å²) in [7, 11) is 3.73. The first-order valence-electron chi connectivity index (χ1n) is 5.89. The summed E-state index contributed by atoms with van der Waals surface area (Å²) in [5.41, 5.74) is 1.20. The molecule has 0 aliphatic heterocycles. The van der Waals surface area contributed by atoms with Crippen molar-refractivity contribution in [3.05, 3.63) is 39.8 Å². The van der Waals surface area contributed by atoms with Gasteiger partial charge in [0.05, 0.1) is 17.8 Å². The van der Waals surface area contributed by atoms with E-state index in [1.54, 1.807) is 22.4 Å². The van der Waals surface area contributed by atoms with Gasteiger partial charge in [-0.25, -0.2) is 9.97 Å². The summed E-state index contributed by atoms with van der Waals surface area (Å²) in [6.45, 7) is 2.35. The molecule has 2 aromatic rings. The number of amides is 1. The number of hydrogen-bond acceptors (Lipinski definition) is 5. The second-order valence-electron chi connectivity index (χ2n) is 4.33. The third kappa shape index (κ3) is 3.29. The maximum absolute atomic E-state index is 12.0. The lowest BCUT2D eigenvalue weighted by atomic mass is 10.2. The van der Waals surface area contributed by atoms with Crippen LogP contribution in [0.2, 0.25) is 0 Å². The van der Waals surface area contributed by atoms with Crippen LogP contribution in [0.4, 0.5) is 5.95 Å². The van der Waals surface area contributed by atoms with E-state index >= 15 is 0 Å². The lowest BCUT2D eigenvalue weighted by molar-refractivity contribution is 0.0950. The summed E-state index contributed by atoms with van der Waals surface area (Å²) in [5.74, 6) is 0.462. The Morgan fingerprint density at radius 3 is 2.84 bits per heavy atom. The number of nitrogens with one attached hydrogen (secondary N) is 1. The predicted octanol–water partition coefficient (Wildman–Crippen LogP) is 1.84. The standard InChI is InChI=1S/C13H16N4OS/c1-9-11(8-15-13(16-9)17(2)3)12(18)14-7-10-5-4-6-19-10/h4-6,8H,7H2,1-3H3,(H,14,18). The zero-order valence-corrected chi connectivity index (χ0v) is 12.0. The Labute approximate surface area is 116 Å². The van der Waals surface area contributed by atoms with Gasteiger partial charge in [-0.2, -0.15) is 0 Å². The summed E-state index contributed by atoms with van der Waals surface area (Å²) in [5, 5.41) is 4.86. The van der Waals surface area contributed by atoms with Crippen molar-refractivity contribution in [2.45, 2.75) is 13.5 Å². The SMILES string of the molecule is Cc1nc(N(C)C)ncc1C(=O)NCc1cccs1. The van der Waals surface area contributed by atoms with E-state index in [1.807, 2.05) is 38.5 Å². The first-order chi connectivity index (χ1) is 9.08. The van der Waals surface area contributed by atoms with Gasteiger partial charge in [0, 0.05) is 25.2 Å². The van der Waals surface area contributed by atoms with Crippen LogP contribution in [-0.4, -0.2) is 30.0 Å². The van der Waals surface area contributed by atoms with Crippen LogP contribution in [0.1, 0.15) is 20.9 Å². The summed E-state index contributed by atoms with van der Waals surface area (Å²) < 4.78 is 0. The average molecular weight is 276 g/mol. The van der Waals surface area contributed by atoms with E-state index in [1.165, 1.54) is 0 Å². The highest BCUT2D eigenvalue weighted by Gasteiger charge is 2.12. The largest absolute Gasteiger partial charge is 0.347 e. The zero-order valence-electron chi connectivity index (χ0n) is 11.2. The highest BCUT2D eigenvalue weighted by molar-refractivity contribution is 7.09. The van der Waals surface area contributed by atoms with E-state index in [0.29, 0.717) is 23.8 Å². The molecule has 2 heterocycles. The fraction of sp³-hybridized carbons (Fsp3) is 0.308. The number of rotatable bonds is 4. The highest BCUT2D eigenvalue weighted by atomic mass is 32.1. The molecule has 2 rings (SSSR count). The third-order valence-electron chi connectivity index (χ3n) is 2.61. The fourth-order valence-corrected chi connectivity index (χ4v) is 2.21. The summed E-state index contributed by atoms with van der Waals surface area (Å²) in [4.78, 5) is 23.4. The Balaban J connectivity index is 2.06. The van der Waals surface area contributed by atoms with Crippen LogP contribution >= 0.6 is 11.3 Å². The van der Waals surface area contributed by atoms with Crippen LogP contribution in [0, 0.1) is 6.92 Å². The van der Waals surface area contributed by atoms with Crippen LogP contribution < -0.4 is 10.2 Å². The van der Waals surface area contributed by atoms with Gasteiger partial charge in [0.1, 0.15) is 0 Å². The predicted molar refractivity (Wildman–Crippen MR) is 76.6 cm³/mol. The maximum Gasteiger partial charge on any atom is 0.254 e. The Kier molecular flexibility index (Phi) is 4.11. The number of aryl methyl sites for hydroxylation is 1. The van der Waals surface area contributed by atoms with Crippen molar-refractivity contribution in [2.24, 2.45) is 0 Å². The number of anilines is 1. The van der Waals surface area contributed by atoms with E-state index in [-0.39, 0.29) is 5.91 Å². The van der Waals surface area contributed by atoms with Crippen molar-refractivity contribution >= 4 is 23.2 Å². The molecule has 100 valence electrons. The van der Waals surface area contributed by atoms with Crippen LogP contribution in [0.3, 0.4) is 0 Å². The molecular formula is C13H16N4OS. The van der Waals surface area contributed by atoms with Gasteiger partial charge in [-0.3, -0.25) is 4.79 Å². The normalized spacial score (nSPS) is 10.3. The van der Waals surface area contributed by atoms with Crippen LogP contribution in [0.5, 0.6) is 0 Å². The van der Waals surface area contributed by atoms with Gasteiger partial charge in [0.2, 0.25) is 5.95 Å². The minimum absolute atomic E-state index is 0.142. The summed E-state index contributed by atoms with van der Waals surface area (Å²) in [6, 6.07) is 3.95. The molecule has 0 radical (unpaired) electrons. The van der Waals surface area contributed by atoms with Crippen LogP contribution in [-0.2, 0) is 6.54 Å². The maximum atomic E-state index is 12.0. The minimum atomic E-state index is -0.142. The molecule has 2 aromatic heterocycles. The van der Waals surface area contributed by atoms with Gasteiger partial charge in [-0.1, -0.05) is 6.07 Å². The van der Waals surface area contributed by atoms with Gasteiger partial charge in [0.25, 0.3) is 5.91 Å². The average Bonchev–Trinajstić information content (AvgIpc) is 2.88. The molecule has 0 aromatic carbocycles. The van der Waals surface area contributed by atoms with E-state index in [2.05, 4.69) is 15.3 Å². The second-order valence-corrected chi connectivity index (χ2v) is 5.36. The minimum Gasteiger partial charge on any atom is -0.347 e. The van der Waals surface area contributed by atoms with E-state index in [0.717, 1.165) is 4.88 Å². The van der Waals surface area contributed by atoms with Crippen molar-refractivity contribution in [1.29, 1.82) is 0 Å². The highest BCUT2D eigenvalue weighted by Crippen LogP contribution is 2.11. The molecule has 0 spiro atoms. The molecule has 0 aliphatic carbocycles. The number of carbonyl (C=O) groups is 1. The molecule has 0 aliphatic rings. The lowest BCUT2D eigenvalue weighted by Crippen LogP contribution is -2.24. The molecule has 6 heteroatoms. The molecule has 1 N–H and O–H groups in total. The van der Waals surface area contributed by atoms with E-state index < -0.39 is 0 Å². The zero-order chi connectivity index (χ0) is 13.8. The van der Waals surface area contributed by atoms with Crippen molar-refractivity contribution in [3.63, 3.8) is 0 Å². The lowest BCUT2D eigenvalue weighted by Gasteiger charge is -2.12. The van der Waals surface area contributed by atoms with Crippen LogP contribution in [0.25, 0.3) is 0 Å². The van der Waals surface area contributed by atoms with Gasteiger partial charge < -0.3 is 10.2 Å². The number of carbonyl (C=O) groups excluding carboxylic acids is 1. The quantitative estimate of drug-likeness (QED) is 0.925. The number of thiophene rings is 1. The first-order valence-corrected chi connectivity index (χ1v) is 6.77. The van der Waals surface area contributed by atoms with Crippen molar-refractivity contribution < 1.29 is 4.79 Å². The third-order valence-corrected chi connectivity index (χ3v) is 3.49. The smallest absolute Gasteiger partial charge is 0.254 e. The molecule has 0 atom stereocenters. The monoisotopic (exact) mass is 276 g/mol. The molecule has 0 unspecified atom stereocenters. The summed E-state index contributed by atoms with van der Waals surface area (Å²) >= 11 is 1.62. The van der Waals surface area contributed by atoms with Crippen LogP contribution in [0.15, 0.2) is 23.7 Å². The molecule has 0 saturated heterocycles. The van der Waals surface area contributed by atoms with Gasteiger partial charge >= 0.3 is 0 Å². The van der Waals surface area contributed by atoms with Crippen molar-refractivity contribution in [3.8, 4) is 0 Å².